The number of aryl methyl sites for hydroxylation is 1. The maximum absolute atomic E-state index is 11.6. The number of hydrogen-bond acceptors (Lipinski definition) is 5. The van der Waals surface area contributed by atoms with E-state index in [1.807, 2.05) is 20.8 Å². The van der Waals surface area contributed by atoms with Crippen molar-refractivity contribution in [2.75, 3.05) is 12.0 Å². The zero-order valence-electron chi connectivity index (χ0n) is 10.6. The van der Waals surface area contributed by atoms with Crippen molar-refractivity contribution in [1.82, 2.24) is 4.98 Å². The van der Waals surface area contributed by atoms with Crippen LogP contribution in [0.3, 0.4) is 0 Å². The summed E-state index contributed by atoms with van der Waals surface area (Å²) in [5, 5.41) is 4.03. The van der Waals surface area contributed by atoms with Gasteiger partial charge in [-0.25, -0.2) is 9.78 Å². The van der Waals surface area contributed by atoms with Crippen LogP contribution in [0.4, 0.5) is 5.82 Å². The van der Waals surface area contributed by atoms with Gasteiger partial charge in [0.25, 0.3) is 0 Å². The van der Waals surface area contributed by atoms with Gasteiger partial charge < -0.3 is 4.74 Å². The van der Waals surface area contributed by atoms with E-state index in [2.05, 4.69) is 15.5 Å². The Morgan fingerprint density at radius 1 is 1.47 bits per heavy atom. The number of rotatable bonds is 4. The predicted molar refractivity (Wildman–Crippen MR) is 67.3 cm³/mol. The van der Waals surface area contributed by atoms with Crippen LogP contribution >= 0.6 is 0 Å². The Kier molecular flexibility index (Phi) is 4.63. The molecule has 0 amide bonds. The Labute approximate surface area is 101 Å². The van der Waals surface area contributed by atoms with Gasteiger partial charge >= 0.3 is 5.97 Å². The van der Waals surface area contributed by atoms with E-state index in [4.69, 9.17) is 4.74 Å². The van der Waals surface area contributed by atoms with Crippen LogP contribution in [0.5, 0.6) is 0 Å². The highest BCUT2D eigenvalue weighted by atomic mass is 16.5. The second-order valence-electron chi connectivity index (χ2n) is 3.77. The first-order chi connectivity index (χ1) is 8.02. The normalized spacial score (nSPS) is 9.65. The number of aromatic nitrogens is 1. The minimum absolute atomic E-state index is 0.349. The lowest BCUT2D eigenvalue weighted by molar-refractivity contribution is 0.0526. The summed E-state index contributed by atoms with van der Waals surface area (Å²) >= 11 is 0. The van der Waals surface area contributed by atoms with Crippen molar-refractivity contribution in [3.8, 4) is 0 Å². The molecule has 0 saturated heterocycles. The molecule has 92 valence electrons. The minimum atomic E-state index is -0.349. The van der Waals surface area contributed by atoms with Crippen LogP contribution < -0.4 is 5.43 Å². The zero-order chi connectivity index (χ0) is 12.8. The summed E-state index contributed by atoms with van der Waals surface area (Å²) in [5.74, 6) is 0.188. The maximum atomic E-state index is 11.6. The van der Waals surface area contributed by atoms with Crippen LogP contribution in [0, 0.1) is 6.92 Å². The molecule has 5 nitrogen and oxygen atoms in total. The number of ether oxygens (including phenoxy) is 1. The highest BCUT2D eigenvalue weighted by Gasteiger charge is 2.08. The average Bonchev–Trinajstić information content (AvgIpc) is 2.26. The molecule has 1 rings (SSSR count). The fourth-order valence-corrected chi connectivity index (χ4v) is 1.23. The van der Waals surface area contributed by atoms with Crippen LogP contribution in [-0.4, -0.2) is 23.3 Å². The van der Waals surface area contributed by atoms with Gasteiger partial charge in [0.05, 0.1) is 12.2 Å². The van der Waals surface area contributed by atoms with Crippen molar-refractivity contribution < 1.29 is 9.53 Å². The SMILES string of the molecule is CCOC(=O)c1cc(C)nc(NN=C(C)C)c1. The Morgan fingerprint density at radius 3 is 2.76 bits per heavy atom. The first kappa shape index (κ1) is 13.2. The summed E-state index contributed by atoms with van der Waals surface area (Å²) in [6.07, 6.45) is 0. The average molecular weight is 235 g/mol. The largest absolute Gasteiger partial charge is 0.462 e. The summed E-state index contributed by atoms with van der Waals surface area (Å²) in [5.41, 5.74) is 4.89. The van der Waals surface area contributed by atoms with Crippen LogP contribution in [0.25, 0.3) is 0 Å². The molecule has 1 aromatic heterocycles. The van der Waals surface area contributed by atoms with E-state index in [0.717, 1.165) is 11.4 Å². The maximum Gasteiger partial charge on any atom is 0.338 e. The summed E-state index contributed by atoms with van der Waals surface area (Å²) in [7, 11) is 0. The lowest BCUT2D eigenvalue weighted by atomic mass is 10.2. The topological polar surface area (TPSA) is 63.6 Å². The fraction of sp³-hybridized carbons (Fsp3) is 0.417. The third-order valence-corrected chi connectivity index (χ3v) is 1.86. The molecular formula is C12H17N3O2. The number of pyridine rings is 1. The molecule has 0 aliphatic rings. The first-order valence-corrected chi connectivity index (χ1v) is 5.45. The van der Waals surface area contributed by atoms with Crippen molar-refractivity contribution >= 4 is 17.5 Å². The molecule has 0 spiro atoms. The molecule has 0 bridgehead atoms. The molecular weight excluding hydrogens is 218 g/mol. The molecule has 0 aliphatic heterocycles. The van der Waals surface area contributed by atoms with Gasteiger partial charge in [0, 0.05) is 11.4 Å². The highest BCUT2D eigenvalue weighted by molar-refractivity contribution is 5.90. The molecule has 1 aromatic rings. The molecule has 0 radical (unpaired) electrons. The van der Waals surface area contributed by atoms with Crippen molar-refractivity contribution in [2.45, 2.75) is 27.7 Å². The lowest BCUT2D eigenvalue weighted by Gasteiger charge is -2.06. The van der Waals surface area contributed by atoms with Gasteiger partial charge in [-0.15, -0.1) is 0 Å². The molecule has 0 saturated carbocycles. The van der Waals surface area contributed by atoms with E-state index in [1.54, 1.807) is 19.1 Å². The van der Waals surface area contributed by atoms with E-state index in [-0.39, 0.29) is 5.97 Å². The van der Waals surface area contributed by atoms with Crippen LogP contribution in [-0.2, 0) is 4.74 Å². The fourth-order valence-electron chi connectivity index (χ4n) is 1.23. The predicted octanol–water partition coefficient (Wildman–Crippen LogP) is 2.37. The number of nitrogens with one attached hydrogen (secondary N) is 1. The van der Waals surface area contributed by atoms with Gasteiger partial charge in [0.15, 0.2) is 0 Å². The smallest absolute Gasteiger partial charge is 0.338 e. The van der Waals surface area contributed by atoms with Gasteiger partial charge in [-0.1, -0.05) is 0 Å². The quantitative estimate of drug-likeness (QED) is 0.494. The van der Waals surface area contributed by atoms with E-state index >= 15 is 0 Å². The number of esters is 1. The van der Waals surface area contributed by atoms with Crippen molar-refractivity contribution in [2.24, 2.45) is 5.10 Å². The second kappa shape index (κ2) is 5.98. The molecule has 1 N–H and O–H groups in total. The Hall–Kier alpha value is -1.91. The van der Waals surface area contributed by atoms with Crippen molar-refractivity contribution in [1.29, 1.82) is 0 Å². The molecule has 0 aromatic carbocycles. The van der Waals surface area contributed by atoms with Gasteiger partial charge in [-0.3, -0.25) is 5.43 Å². The van der Waals surface area contributed by atoms with Gasteiger partial charge in [0.2, 0.25) is 0 Å². The molecule has 0 aliphatic carbocycles. The lowest BCUT2D eigenvalue weighted by Crippen LogP contribution is -2.07. The number of hydrogen-bond donors (Lipinski definition) is 1. The summed E-state index contributed by atoms with van der Waals surface area (Å²) in [6.45, 7) is 7.69. The third kappa shape index (κ3) is 4.22. The highest BCUT2D eigenvalue weighted by Crippen LogP contribution is 2.11. The van der Waals surface area contributed by atoms with Crippen LogP contribution in [0.15, 0.2) is 17.2 Å². The second-order valence-corrected chi connectivity index (χ2v) is 3.77. The molecule has 5 heteroatoms. The number of nitrogens with zero attached hydrogens (tertiary/aromatic N) is 2. The Bertz CT molecular complexity index is 437. The molecule has 0 atom stereocenters. The summed E-state index contributed by atoms with van der Waals surface area (Å²) < 4.78 is 4.93. The molecule has 17 heavy (non-hydrogen) atoms. The number of carbonyl (C=O) groups excluding carboxylic acids is 1. The molecule has 1 heterocycles. The van der Waals surface area contributed by atoms with E-state index in [9.17, 15) is 4.79 Å². The molecule has 0 unspecified atom stereocenters. The van der Waals surface area contributed by atoms with E-state index in [0.29, 0.717) is 18.0 Å². The van der Waals surface area contributed by atoms with Crippen molar-refractivity contribution in [3.05, 3.63) is 23.4 Å². The zero-order valence-corrected chi connectivity index (χ0v) is 10.6. The molecule has 0 fully saturated rings. The van der Waals surface area contributed by atoms with Crippen LogP contribution in [0.1, 0.15) is 36.8 Å². The Morgan fingerprint density at radius 2 is 2.18 bits per heavy atom. The van der Waals surface area contributed by atoms with E-state index in [1.165, 1.54) is 0 Å². The number of hydrazone groups is 1. The van der Waals surface area contributed by atoms with Crippen molar-refractivity contribution in [3.63, 3.8) is 0 Å². The van der Waals surface area contributed by atoms with Gasteiger partial charge in [-0.2, -0.15) is 5.10 Å². The third-order valence-electron chi connectivity index (χ3n) is 1.86. The minimum Gasteiger partial charge on any atom is -0.462 e. The van der Waals surface area contributed by atoms with Gasteiger partial charge in [0.1, 0.15) is 5.82 Å². The number of carbonyl (C=O) groups is 1. The van der Waals surface area contributed by atoms with Crippen LogP contribution in [0.2, 0.25) is 0 Å². The number of anilines is 1. The summed E-state index contributed by atoms with van der Waals surface area (Å²) in [6, 6.07) is 3.31. The monoisotopic (exact) mass is 235 g/mol. The first-order valence-electron chi connectivity index (χ1n) is 5.45. The summed E-state index contributed by atoms with van der Waals surface area (Å²) in [4.78, 5) is 15.8. The Balaban J connectivity index is 2.94. The van der Waals surface area contributed by atoms with Gasteiger partial charge in [-0.05, 0) is 39.8 Å². The standard InChI is InChI=1S/C12H17N3O2/c1-5-17-12(16)10-6-9(4)13-11(7-10)15-14-8(2)3/h6-7H,5H2,1-4H3,(H,13,15). The van der Waals surface area contributed by atoms with E-state index < -0.39 is 0 Å².